The number of imidazole rings is 1. The SMILES string of the molecule is Cc1cc2nc(NCC3CC3)c3ncc(-c4ccc(C(=O)NC5CC5)c(Cl)c4)n3c2cc1C. The molecule has 6 rings (SSSR count). The van der Waals surface area contributed by atoms with E-state index in [4.69, 9.17) is 21.6 Å². The van der Waals surface area contributed by atoms with E-state index in [9.17, 15) is 4.79 Å². The van der Waals surface area contributed by atoms with Gasteiger partial charge in [-0.05, 0) is 80.8 Å². The highest BCUT2D eigenvalue weighted by Crippen LogP contribution is 2.33. The van der Waals surface area contributed by atoms with Crippen molar-refractivity contribution < 1.29 is 4.79 Å². The Bertz CT molecular complexity index is 1420. The predicted octanol–water partition coefficient (Wildman–Crippen LogP) is 5.53. The van der Waals surface area contributed by atoms with Crippen LogP contribution in [0.2, 0.25) is 5.02 Å². The second kappa shape index (κ2) is 7.73. The number of nitrogens with zero attached hydrogens (tertiary/aromatic N) is 3. The van der Waals surface area contributed by atoms with Crippen LogP contribution in [0.5, 0.6) is 0 Å². The number of halogens is 1. The summed E-state index contributed by atoms with van der Waals surface area (Å²) >= 11 is 6.57. The lowest BCUT2D eigenvalue weighted by Gasteiger charge is -2.13. The fourth-order valence-corrected chi connectivity index (χ4v) is 4.49. The number of amides is 1. The molecular formula is C26H26ClN5O. The minimum Gasteiger partial charge on any atom is -0.367 e. The quantitative estimate of drug-likeness (QED) is 0.397. The normalized spacial score (nSPS) is 15.8. The predicted molar refractivity (Wildman–Crippen MR) is 132 cm³/mol. The smallest absolute Gasteiger partial charge is 0.253 e. The molecule has 2 aliphatic carbocycles. The fourth-order valence-electron chi connectivity index (χ4n) is 4.22. The summed E-state index contributed by atoms with van der Waals surface area (Å²) in [6.45, 7) is 5.14. The molecule has 33 heavy (non-hydrogen) atoms. The minimum absolute atomic E-state index is 0.112. The summed E-state index contributed by atoms with van der Waals surface area (Å²) in [7, 11) is 0. The van der Waals surface area contributed by atoms with Crippen LogP contribution < -0.4 is 10.6 Å². The van der Waals surface area contributed by atoms with Crippen molar-refractivity contribution in [2.24, 2.45) is 5.92 Å². The summed E-state index contributed by atoms with van der Waals surface area (Å²) < 4.78 is 2.15. The third-order valence-corrected chi connectivity index (χ3v) is 7.03. The molecule has 2 aromatic heterocycles. The number of carbonyl (C=O) groups is 1. The molecule has 2 aromatic carbocycles. The number of carbonyl (C=O) groups excluding carboxylic acids is 1. The molecule has 0 spiro atoms. The van der Waals surface area contributed by atoms with Crippen LogP contribution in [0, 0.1) is 19.8 Å². The van der Waals surface area contributed by atoms with Crippen LogP contribution in [0.4, 0.5) is 5.82 Å². The molecule has 6 nitrogen and oxygen atoms in total. The Labute approximate surface area is 197 Å². The van der Waals surface area contributed by atoms with Gasteiger partial charge in [0.25, 0.3) is 5.91 Å². The zero-order chi connectivity index (χ0) is 22.7. The van der Waals surface area contributed by atoms with Gasteiger partial charge in [-0.25, -0.2) is 9.97 Å². The van der Waals surface area contributed by atoms with E-state index in [1.807, 2.05) is 18.3 Å². The average molecular weight is 460 g/mol. The second-order valence-electron chi connectivity index (χ2n) is 9.45. The first-order valence-electron chi connectivity index (χ1n) is 11.6. The van der Waals surface area contributed by atoms with Crippen molar-refractivity contribution in [1.29, 1.82) is 0 Å². The summed E-state index contributed by atoms with van der Waals surface area (Å²) in [5.74, 6) is 1.42. The minimum atomic E-state index is -0.112. The second-order valence-corrected chi connectivity index (χ2v) is 9.86. The first-order chi connectivity index (χ1) is 16.0. The Kier molecular flexibility index (Phi) is 4.80. The van der Waals surface area contributed by atoms with Gasteiger partial charge in [0.15, 0.2) is 11.5 Å². The molecule has 2 fully saturated rings. The van der Waals surface area contributed by atoms with Crippen molar-refractivity contribution >= 4 is 40.0 Å². The van der Waals surface area contributed by atoms with Crippen LogP contribution in [-0.4, -0.2) is 32.9 Å². The van der Waals surface area contributed by atoms with Crippen LogP contribution in [0.25, 0.3) is 27.9 Å². The number of rotatable bonds is 6. The molecule has 0 saturated heterocycles. The van der Waals surface area contributed by atoms with Crippen LogP contribution >= 0.6 is 11.6 Å². The topological polar surface area (TPSA) is 71.3 Å². The van der Waals surface area contributed by atoms with Crippen molar-refractivity contribution in [2.45, 2.75) is 45.6 Å². The lowest BCUT2D eigenvalue weighted by molar-refractivity contribution is 0.0951. The molecule has 1 amide bonds. The maximum atomic E-state index is 12.5. The summed E-state index contributed by atoms with van der Waals surface area (Å²) in [6.07, 6.45) is 6.49. The van der Waals surface area contributed by atoms with Crippen LogP contribution in [0.3, 0.4) is 0 Å². The van der Waals surface area contributed by atoms with E-state index in [0.29, 0.717) is 16.6 Å². The summed E-state index contributed by atoms with van der Waals surface area (Å²) in [4.78, 5) is 22.2. The highest BCUT2D eigenvalue weighted by atomic mass is 35.5. The molecule has 2 saturated carbocycles. The molecule has 0 radical (unpaired) electrons. The summed E-state index contributed by atoms with van der Waals surface area (Å²) in [5, 5.41) is 6.98. The Morgan fingerprint density at radius 2 is 1.91 bits per heavy atom. The molecule has 7 heteroatoms. The maximum absolute atomic E-state index is 12.5. The Morgan fingerprint density at radius 1 is 1.12 bits per heavy atom. The summed E-state index contributed by atoms with van der Waals surface area (Å²) in [6, 6.07) is 10.2. The van der Waals surface area contributed by atoms with Crippen LogP contribution in [0.1, 0.15) is 47.2 Å². The molecule has 2 N–H and O–H groups in total. The zero-order valence-electron chi connectivity index (χ0n) is 18.8. The van der Waals surface area contributed by atoms with Gasteiger partial charge in [0, 0.05) is 18.2 Å². The third kappa shape index (κ3) is 3.82. The van der Waals surface area contributed by atoms with Gasteiger partial charge in [0.1, 0.15) is 0 Å². The molecule has 2 aliphatic rings. The number of aryl methyl sites for hydroxylation is 2. The largest absolute Gasteiger partial charge is 0.367 e. The Morgan fingerprint density at radius 3 is 2.64 bits per heavy atom. The zero-order valence-corrected chi connectivity index (χ0v) is 19.5. The van der Waals surface area contributed by atoms with Gasteiger partial charge in [0.05, 0.1) is 33.5 Å². The van der Waals surface area contributed by atoms with Gasteiger partial charge in [0.2, 0.25) is 0 Å². The number of fused-ring (bicyclic) bond motifs is 3. The van der Waals surface area contributed by atoms with E-state index >= 15 is 0 Å². The molecule has 4 aromatic rings. The maximum Gasteiger partial charge on any atom is 0.253 e. The highest BCUT2D eigenvalue weighted by Gasteiger charge is 2.25. The van der Waals surface area contributed by atoms with Crippen molar-refractivity contribution in [1.82, 2.24) is 19.7 Å². The Hall–Kier alpha value is -3.12. The van der Waals surface area contributed by atoms with Gasteiger partial charge in [-0.2, -0.15) is 0 Å². The lowest BCUT2D eigenvalue weighted by atomic mass is 10.1. The fraction of sp³-hybridized carbons (Fsp3) is 0.346. The van der Waals surface area contributed by atoms with E-state index in [1.165, 1.54) is 24.0 Å². The number of aromatic nitrogens is 3. The Balaban J connectivity index is 1.48. The van der Waals surface area contributed by atoms with Gasteiger partial charge in [-0.1, -0.05) is 17.7 Å². The van der Waals surface area contributed by atoms with Crippen molar-refractivity contribution in [3.05, 3.63) is 58.2 Å². The molecule has 0 unspecified atom stereocenters. The molecular weight excluding hydrogens is 434 g/mol. The highest BCUT2D eigenvalue weighted by molar-refractivity contribution is 6.34. The molecule has 0 aliphatic heterocycles. The van der Waals surface area contributed by atoms with Gasteiger partial charge < -0.3 is 10.6 Å². The number of benzene rings is 2. The van der Waals surface area contributed by atoms with E-state index in [0.717, 1.165) is 59.1 Å². The van der Waals surface area contributed by atoms with Gasteiger partial charge in [-0.15, -0.1) is 0 Å². The van der Waals surface area contributed by atoms with Crippen molar-refractivity contribution in [2.75, 3.05) is 11.9 Å². The monoisotopic (exact) mass is 459 g/mol. The van der Waals surface area contributed by atoms with Crippen LogP contribution in [0.15, 0.2) is 36.5 Å². The molecule has 0 bridgehead atoms. The first-order valence-corrected chi connectivity index (χ1v) is 12.0. The standard InChI is InChI=1S/C26H26ClN5O/c1-14-9-21-22(10-15(14)2)32-23(13-29-25(32)24(31-21)28-12-16-3-4-16)17-5-8-19(20(27)11-17)26(33)30-18-6-7-18/h5,8-11,13,16,18H,3-4,6-7,12H2,1-2H3,(H,28,31)(H,30,33). The van der Waals surface area contributed by atoms with Crippen molar-refractivity contribution in [3.63, 3.8) is 0 Å². The number of anilines is 1. The molecule has 0 atom stereocenters. The van der Waals surface area contributed by atoms with Gasteiger partial charge >= 0.3 is 0 Å². The molecule has 2 heterocycles. The van der Waals surface area contributed by atoms with Crippen molar-refractivity contribution in [3.8, 4) is 11.3 Å². The molecule has 168 valence electrons. The van der Waals surface area contributed by atoms with E-state index < -0.39 is 0 Å². The average Bonchev–Trinajstić information content (AvgIpc) is 3.72. The number of hydrogen-bond donors (Lipinski definition) is 2. The van der Waals surface area contributed by atoms with Gasteiger partial charge in [-0.3, -0.25) is 9.20 Å². The third-order valence-electron chi connectivity index (χ3n) is 6.71. The van der Waals surface area contributed by atoms with E-state index in [-0.39, 0.29) is 5.91 Å². The lowest BCUT2D eigenvalue weighted by Crippen LogP contribution is -2.25. The van der Waals surface area contributed by atoms with Crippen LogP contribution in [-0.2, 0) is 0 Å². The van der Waals surface area contributed by atoms with E-state index in [2.05, 4.69) is 41.0 Å². The van der Waals surface area contributed by atoms with E-state index in [1.54, 1.807) is 6.07 Å². The number of nitrogens with one attached hydrogen (secondary N) is 2. The number of hydrogen-bond acceptors (Lipinski definition) is 4. The summed E-state index contributed by atoms with van der Waals surface area (Å²) in [5.41, 5.74) is 7.48. The first kappa shape index (κ1) is 20.5.